The Bertz CT molecular complexity index is 669. The summed E-state index contributed by atoms with van der Waals surface area (Å²) in [5, 5.41) is 2.70. The normalized spacial score (nSPS) is 10.1. The number of methoxy groups -OCH3 is 1. The van der Waals surface area contributed by atoms with Gasteiger partial charge in [-0.2, -0.15) is 0 Å². The van der Waals surface area contributed by atoms with Crippen LogP contribution in [0.5, 0.6) is 5.75 Å². The van der Waals surface area contributed by atoms with E-state index in [-0.39, 0.29) is 5.91 Å². The van der Waals surface area contributed by atoms with Crippen molar-refractivity contribution in [3.8, 4) is 5.75 Å². The molecule has 104 valence electrons. The fourth-order valence-corrected chi connectivity index (χ4v) is 2.86. The summed E-state index contributed by atoms with van der Waals surface area (Å²) in [7, 11) is 1.48. The Kier molecular flexibility index (Phi) is 4.41. The standard InChI is InChI=1S/C13H11BrN2O3S/c1-19-9-3-2-7(12(15)17)6-8(9)16-13(18)10-4-5-11(14)20-10/h2-6H,1H3,(H2,15,17)(H,16,18). The highest BCUT2D eigenvalue weighted by atomic mass is 79.9. The molecule has 3 N–H and O–H groups in total. The molecular weight excluding hydrogens is 344 g/mol. The monoisotopic (exact) mass is 354 g/mol. The number of ether oxygens (including phenoxy) is 1. The summed E-state index contributed by atoms with van der Waals surface area (Å²) < 4.78 is 6.01. The van der Waals surface area contributed by atoms with E-state index in [1.807, 2.05) is 0 Å². The average molecular weight is 355 g/mol. The van der Waals surface area contributed by atoms with E-state index in [1.54, 1.807) is 24.3 Å². The van der Waals surface area contributed by atoms with Crippen molar-refractivity contribution in [3.05, 3.63) is 44.6 Å². The molecule has 1 aromatic heterocycles. The van der Waals surface area contributed by atoms with Crippen molar-refractivity contribution in [1.82, 2.24) is 0 Å². The lowest BCUT2D eigenvalue weighted by Crippen LogP contribution is -2.14. The zero-order valence-corrected chi connectivity index (χ0v) is 12.9. The van der Waals surface area contributed by atoms with Gasteiger partial charge in [-0.15, -0.1) is 11.3 Å². The summed E-state index contributed by atoms with van der Waals surface area (Å²) >= 11 is 4.61. The number of halogens is 1. The zero-order valence-electron chi connectivity index (χ0n) is 10.5. The van der Waals surface area contributed by atoms with Crippen LogP contribution in [0.15, 0.2) is 34.1 Å². The van der Waals surface area contributed by atoms with E-state index in [9.17, 15) is 9.59 Å². The Labute approximate surface area is 127 Å². The minimum atomic E-state index is -0.568. The summed E-state index contributed by atoms with van der Waals surface area (Å²) in [4.78, 5) is 23.8. The third-order valence-electron chi connectivity index (χ3n) is 2.53. The highest BCUT2D eigenvalue weighted by Crippen LogP contribution is 2.28. The zero-order chi connectivity index (χ0) is 14.7. The number of nitrogens with two attached hydrogens (primary N) is 1. The SMILES string of the molecule is COc1ccc(C(N)=O)cc1NC(=O)c1ccc(Br)s1. The van der Waals surface area contributed by atoms with Crippen LogP contribution in [0, 0.1) is 0 Å². The Balaban J connectivity index is 2.29. The summed E-state index contributed by atoms with van der Waals surface area (Å²) in [5.74, 6) is -0.387. The topological polar surface area (TPSA) is 81.4 Å². The fourth-order valence-electron chi connectivity index (χ4n) is 1.58. The number of nitrogens with one attached hydrogen (secondary N) is 1. The molecule has 0 saturated heterocycles. The van der Waals surface area contributed by atoms with Gasteiger partial charge in [0.2, 0.25) is 5.91 Å². The van der Waals surface area contributed by atoms with Crippen molar-refractivity contribution in [1.29, 1.82) is 0 Å². The van der Waals surface area contributed by atoms with Gasteiger partial charge in [-0.05, 0) is 46.3 Å². The number of hydrogen-bond acceptors (Lipinski definition) is 4. The lowest BCUT2D eigenvalue weighted by Gasteiger charge is -2.10. The molecule has 5 nitrogen and oxygen atoms in total. The number of amides is 2. The van der Waals surface area contributed by atoms with Gasteiger partial charge >= 0.3 is 0 Å². The molecule has 0 atom stereocenters. The van der Waals surface area contributed by atoms with Gasteiger partial charge in [0.05, 0.1) is 21.5 Å². The maximum Gasteiger partial charge on any atom is 0.265 e. The largest absolute Gasteiger partial charge is 0.495 e. The first kappa shape index (κ1) is 14.5. The van der Waals surface area contributed by atoms with Crippen LogP contribution in [0.2, 0.25) is 0 Å². The first-order valence-electron chi connectivity index (χ1n) is 5.56. The molecule has 1 heterocycles. The maximum absolute atomic E-state index is 12.1. The molecule has 0 unspecified atom stereocenters. The predicted octanol–water partition coefficient (Wildman–Crippen LogP) is 2.87. The van der Waals surface area contributed by atoms with E-state index in [0.29, 0.717) is 21.9 Å². The molecule has 0 spiro atoms. The van der Waals surface area contributed by atoms with Crippen LogP contribution in [-0.2, 0) is 0 Å². The lowest BCUT2D eigenvalue weighted by molar-refractivity contribution is 0.0996. The Morgan fingerprint density at radius 1 is 1.30 bits per heavy atom. The van der Waals surface area contributed by atoms with Crippen molar-refractivity contribution in [3.63, 3.8) is 0 Å². The number of carbonyl (C=O) groups is 2. The second-order valence-corrected chi connectivity index (χ2v) is 6.30. The molecular formula is C13H11BrN2O3S. The van der Waals surface area contributed by atoms with Gasteiger partial charge in [-0.3, -0.25) is 9.59 Å². The molecule has 0 aliphatic heterocycles. The highest BCUT2D eigenvalue weighted by Gasteiger charge is 2.13. The summed E-state index contributed by atoms with van der Waals surface area (Å²) in [6.07, 6.45) is 0. The van der Waals surface area contributed by atoms with Crippen LogP contribution in [0.4, 0.5) is 5.69 Å². The number of anilines is 1. The molecule has 0 aliphatic rings. The summed E-state index contributed by atoms with van der Waals surface area (Å²) in [6.45, 7) is 0. The lowest BCUT2D eigenvalue weighted by atomic mass is 10.1. The molecule has 20 heavy (non-hydrogen) atoms. The molecule has 2 rings (SSSR count). The Morgan fingerprint density at radius 3 is 2.60 bits per heavy atom. The third kappa shape index (κ3) is 3.17. The highest BCUT2D eigenvalue weighted by molar-refractivity contribution is 9.11. The van der Waals surface area contributed by atoms with Crippen LogP contribution in [0.3, 0.4) is 0 Å². The minimum absolute atomic E-state index is 0.277. The Morgan fingerprint density at radius 2 is 2.05 bits per heavy atom. The number of primary amides is 1. The number of hydrogen-bond donors (Lipinski definition) is 2. The van der Waals surface area contributed by atoms with Gasteiger partial charge in [0, 0.05) is 5.56 Å². The number of thiophene rings is 1. The molecule has 0 bridgehead atoms. The smallest absolute Gasteiger partial charge is 0.265 e. The van der Waals surface area contributed by atoms with Crippen LogP contribution in [0.1, 0.15) is 20.0 Å². The van der Waals surface area contributed by atoms with E-state index in [4.69, 9.17) is 10.5 Å². The summed E-state index contributed by atoms with van der Waals surface area (Å²) in [6, 6.07) is 8.10. The average Bonchev–Trinajstić information content (AvgIpc) is 2.85. The van der Waals surface area contributed by atoms with Crippen molar-refractivity contribution < 1.29 is 14.3 Å². The Hall–Kier alpha value is -1.86. The molecule has 0 saturated carbocycles. The number of carbonyl (C=O) groups excluding carboxylic acids is 2. The predicted molar refractivity (Wildman–Crippen MR) is 81.5 cm³/mol. The van der Waals surface area contributed by atoms with Gasteiger partial charge in [-0.25, -0.2) is 0 Å². The van der Waals surface area contributed by atoms with Crippen molar-refractivity contribution in [2.75, 3.05) is 12.4 Å². The molecule has 0 radical (unpaired) electrons. The molecule has 0 fully saturated rings. The van der Waals surface area contributed by atoms with E-state index in [2.05, 4.69) is 21.2 Å². The maximum atomic E-state index is 12.1. The molecule has 2 aromatic rings. The summed E-state index contributed by atoms with van der Waals surface area (Å²) in [5.41, 5.74) is 5.92. The first-order valence-corrected chi connectivity index (χ1v) is 7.16. The van der Waals surface area contributed by atoms with Crippen LogP contribution < -0.4 is 15.8 Å². The second kappa shape index (κ2) is 6.06. The quantitative estimate of drug-likeness (QED) is 0.885. The van der Waals surface area contributed by atoms with Crippen molar-refractivity contribution in [2.45, 2.75) is 0 Å². The minimum Gasteiger partial charge on any atom is -0.495 e. The van der Waals surface area contributed by atoms with Crippen LogP contribution >= 0.6 is 27.3 Å². The molecule has 0 aliphatic carbocycles. The van der Waals surface area contributed by atoms with Crippen LogP contribution in [-0.4, -0.2) is 18.9 Å². The van der Waals surface area contributed by atoms with Gasteiger partial charge in [0.15, 0.2) is 0 Å². The van der Waals surface area contributed by atoms with Crippen LogP contribution in [0.25, 0.3) is 0 Å². The van der Waals surface area contributed by atoms with Crippen molar-refractivity contribution >= 4 is 44.8 Å². The van der Waals surface area contributed by atoms with Gasteiger partial charge < -0.3 is 15.8 Å². The van der Waals surface area contributed by atoms with Gasteiger partial charge in [0.25, 0.3) is 5.91 Å². The van der Waals surface area contributed by atoms with E-state index < -0.39 is 5.91 Å². The third-order valence-corrected chi connectivity index (χ3v) is 4.15. The van der Waals surface area contributed by atoms with E-state index in [0.717, 1.165) is 3.79 Å². The molecule has 7 heteroatoms. The molecule has 1 aromatic carbocycles. The van der Waals surface area contributed by atoms with Gasteiger partial charge in [0.1, 0.15) is 5.75 Å². The fraction of sp³-hybridized carbons (Fsp3) is 0.0769. The van der Waals surface area contributed by atoms with Gasteiger partial charge in [-0.1, -0.05) is 0 Å². The first-order chi connectivity index (χ1) is 9.51. The van der Waals surface area contributed by atoms with E-state index >= 15 is 0 Å². The van der Waals surface area contributed by atoms with Crippen molar-refractivity contribution in [2.24, 2.45) is 5.73 Å². The van der Waals surface area contributed by atoms with E-state index in [1.165, 1.54) is 24.5 Å². The number of benzene rings is 1. The number of rotatable bonds is 4. The molecule has 2 amide bonds. The second-order valence-electron chi connectivity index (χ2n) is 3.84.